The molecule has 2 aromatic carbocycles. The van der Waals surface area contributed by atoms with Gasteiger partial charge in [-0.15, -0.1) is 11.3 Å². The minimum absolute atomic E-state index is 0.0583. The Kier molecular flexibility index (Phi) is 7.62. The van der Waals surface area contributed by atoms with Crippen LogP contribution in [0.25, 0.3) is 5.69 Å². The van der Waals surface area contributed by atoms with Crippen molar-refractivity contribution >= 4 is 17.2 Å². The lowest BCUT2D eigenvalue weighted by Crippen LogP contribution is -2.36. The van der Waals surface area contributed by atoms with Gasteiger partial charge in [-0.25, -0.2) is 13.5 Å². The zero-order valence-electron chi connectivity index (χ0n) is 20.4. The van der Waals surface area contributed by atoms with Crippen LogP contribution in [-0.2, 0) is 17.7 Å². The molecular formula is C28H27F2N3O3S. The smallest absolute Gasteiger partial charge is 0.264 e. The van der Waals surface area contributed by atoms with E-state index in [1.165, 1.54) is 17.4 Å². The Morgan fingerprint density at radius 1 is 1.19 bits per heavy atom. The van der Waals surface area contributed by atoms with Crippen LogP contribution in [0, 0.1) is 11.6 Å². The number of aromatic nitrogens is 2. The molecule has 0 N–H and O–H groups in total. The number of aryl methyl sites for hydroxylation is 1. The average molecular weight is 524 g/mol. The van der Waals surface area contributed by atoms with E-state index in [2.05, 4.69) is 0 Å². The third kappa shape index (κ3) is 5.57. The molecule has 0 aliphatic carbocycles. The van der Waals surface area contributed by atoms with E-state index >= 15 is 0 Å². The second-order valence-electron chi connectivity index (χ2n) is 8.81. The number of hydrogen-bond donors (Lipinski definition) is 0. The number of amides is 1. The first-order chi connectivity index (χ1) is 18.0. The number of carbonyl (C=O) groups is 1. The average Bonchev–Trinajstić information content (AvgIpc) is 3.68. The fourth-order valence-corrected chi connectivity index (χ4v) is 5.12. The Morgan fingerprint density at radius 3 is 2.70 bits per heavy atom. The Morgan fingerprint density at radius 2 is 2.03 bits per heavy atom. The quantitative estimate of drug-likeness (QED) is 0.255. The van der Waals surface area contributed by atoms with E-state index in [4.69, 9.17) is 14.6 Å². The lowest BCUT2D eigenvalue weighted by Gasteiger charge is -2.25. The summed E-state index contributed by atoms with van der Waals surface area (Å²) < 4.78 is 41.8. The number of carbonyl (C=O) groups excluding carboxylic acids is 1. The van der Waals surface area contributed by atoms with Crippen LogP contribution < -0.4 is 4.74 Å². The minimum Gasteiger partial charge on any atom is -0.435 e. The van der Waals surface area contributed by atoms with Gasteiger partial charge in [0.15, 0.2) is 11.6 Å². The molecule has 5 rings (SSSR count). The molecule has 0 radical (unpaired) electrons. The summed E-state index contributed by atoms with van der Waals surface area (Å²) in [5.41, 5.74) is 2.10. The standard InChI is InChI=1S/C28H27F2N3O3S/c1-2-24-22(18-32(17-21-10-6-14-35-21)27(34)26-11-7-15-37-26)28(33(31-24)20-8-4-3-5-9-20)36-25-13-12-19(29)16-23(25)30/h3-5,7-9,11-13,15-16,21H,2,6,10,14,17-18H2,1H3/t21-/m0/s1. The van der Waals surface area contributed by atoms with E-state index in [9.17, 15) is 13.6 Å². The first-order valence-electron chi connectivity index (χ1n) is 12.3. The van der Waals surface area contributed by atoms with Crippen LogP contribution in [0.3, 0.4) is 0 Å². The van der Waals surface area contributed by atoms with Gasteiger partial charge in [-0.1, -0.05) is 31.2 Å². The molecule has 0 spiro atoms. The highest BCUT2D eigenvalue weighted by Gasteiger charge is 2.29. The van der Waals surface area contributed by atoms with Crippen LogP contribution in [0.1, 0.15) is 40.7 Å². The monoisotopic (exact) mass is 523 g/mol. The fraction of sp³-hybridized carbons (Fsp3) is 0.286. The summed E-state index contributed by atoms with van der Waals surface area (Å²) in [5.74, 6) is -1.47. The van der Waals surface area contributed by atoms with Crippen LogP contribution in [0.15, 0.2) is 66.0 Å². The second-order valence-corrected chi connectivity index (χ2v) is 9.75. The summed E-state index contributed by atoms with van der Waals surface area (Å²) in [7, 11) is 0. The molecule has 1 aliphatic heterocycles. The van der Waals surface area contributed by atoms with Crippen LogP contribution in [0.5, 0.6) is 11.6 Å². The molecule has 1 amide bonds. The normalized spacial score (nSPS) is 15.2. The van der Waals surface area contributed by atoms with Crippen LogP contribution in [0.2, 0.25) is 0 Å². The molecule has 1 aliphatic rings. The van der Waals surface area contributed by atoms with Gasteiger partial charge in [0.2, 0.25) is 5.88 Å². The molecule has 1 fully saturated rings. The molecule has 192 valence electrons. The van der Waals surface area contributed by atoms with Gasteiger partial charge in [-0.2, -0.15) is 5.10 Å². The van der Waals surface area contributed by atoms with Gasteiger partial charge in [-0.05, 0) is 55.0 Å². The van der Waals surface area contributed by atoms with Gasteiger partial charge in [0.05, 0.1) is 34.5 Å². The Labute approximate surface area is 218 Å². The molecule has 0 saturated carbocycles. The minimum atomic E-state index is -0.823. The zero-order chi connectivity index (χ0) is 25.8. The number of rotatable bonds is 9. The van der Waals surface area contributed by atoms with E-state index in [1.807, 2.05) is 48.7 Å². The van der Waals surface area contributed by atoms with Crippen LogP contribution >= 0.6 is 11.3 Å². The maximum atomic E-state index is 14.7. The van der Waals surface area contributed by atoms with Gasteiger partial charge >= 0.3 is 0 Å². The summed E-state index contributed by atoms with van der Waals surface area (Å²) in [4.78, 5) is 15.9. The topological polar surface area (TPSA) is 56.6 Å². The molecule has 4 aromatic rings. The molecule has 2 aromatic heterocycles. The SMILES string of the molecule is CCc1nn(-c2ccccc2)c(Oc2ccc(F)cc2F)c1CN(C[C@@H]1CCCO1)C(=O)c1cccs1. The van der Waals surface area contributed by atoms with Crippen molar-refractivity contribution in [3.05, 3.63) is 93.8 Å². The third-order valence-corrected chi connectivity index (χ3v) is 7.13. The summed E-state index contributed by atoms with van der Waals surface area (Å²) in [5, 5.41) is 6.65. The summed E-state index contributed by atoms with van der Waals surface area (Å²) in [6, 6.07) is 16.2. The number of para-hydroxylation sites is 1. The van der Waals surface area contributed by atoms with Gasteiger partial charge in [0.1, 0.15) is 5.82 Å². The van der Waals surface area contributed by atoms with Crippen molar-refractivity contribution < 1.29 is 23.0 Å². The van der Waals surface area contributed by atoms with E-state index in [0.29, 0.717) is 30.0 Å². The highest BCUT2D eigenvalue weighted by Crippen LogP contribution is 2.34. The van der Waals surface area contributed by atoms with E-state index in [-0.39, 0.29) is 30.2 Å². The fourth-order valence-electron chi connectivity index (χ4n) is 4.43. The van der Waals surface area contributed by atoms with Crippen molar-refractivity contribution in [2.24, 2.45) is 0 Å². The number of nitrogens with zero attached hydrogens (tertiary/aromatic N) is 3. The Hall–Kier alpha value is -3.56. The van der Waals surface area contributed by atoms with E-state index in [1.54, 1.807) is 15.6 Å². The molecule has 1 atom stereocenters. The first kappa shape index (κ1) is 25.1. The van der Waals surface area contributed by atoms with Crippen molar-refractivity contribution in [1.82, 2.24) is 14.7 Å². The van der Waals surface area contributed by atoms with Crippen molar-refractivity contribution in [3.63, 3.8) is 0 Å². The maximum absolute atomic E-state index is 14.7. The largest absolute Gasteiger partial charge is 0.435 e. The number of thiophene rings is 1. The van der Waals surface area contributed by atoms with Crippen molar-refractivity contribution in [1.29, 1.82) is 0 Å². The van der Waals surface area contributed by atoms with Crippen LogP contribution in [-0.4, -0.2) is 39.8 Å². The number of ether oxygens (including phenoxy) is 2. The molecule has 37 heavy (non-hydrogen) atoms. The summed E-state index contributed by atoms with van der Waals surface area (Å²) in [6.07, 6.45) is 2.34. The second kappa shape index (κ2) is 11.2. The predicted molar refractivity (Wildman–Crippen MR) is 137 cm³/mol. The molecule has 6 nitrogen and oxygen atoms in total. The zero-order valence-corrected chi connectivity index (χ0v) is 21.2. The van der Waals surface area contributed by atoms with Crippen molar-refractivity contribution in [2.75, 3.05) is 13.2 Å². The van der Waals surface area contributed by atoms with Gasteiger partial charge in [-0.3, -0.25) is 4.79 Å². The van der Waals surface area contributed by atoms with Gasteiger partial charge < -0.3 is 14.4 Å². The maximum Gasteiger partial charge on any atom is 0.264 e. The predicted octanol–water partition coefficient (Wildman–Crippen LogP) is 6.39. The number of hydrogen-bond acceptors (Lipinski definition) is 5. The highest BCUT2D eigenvalue weighted by molar-refractivity contribution is 7.12. The number of halogens is 2. The summed E-state index contributed by atoms with van der Waals surface area (Å²) in [6.45, 7) is 3.26. The van der Waals surface area contributed by atoms with E-state index < -0.39 is 11.6 Å². The third-order valence-electron chi connectivity index (χ3n) is 6.27. The van der Waals surface area contributed by atoms with Crippen LogP contribution in [0.4, 0.5) is 8.78 Å². The molecule has 3 heterocycles. The van der Waals surface area contributed by atoms with Crippen molar-refractivity contribution in [2.45, 2.75) is 38.8 Å². The number of benzene rings is 2. The van der Waals surface area contributed by atoms with Crippen molar-refractivity contribution in [3.8, 4) is 17.3 Å². The summed E-state index contributed by atoms with van der Waals surface area (Å²) >= 11 is 1.38. The Bertz CT molecular complexity index is 1350. The van der Waals surface area contributed by atoms with Gasteiger partial charge in [0.25, 0.3) is 5.91 Å². The molecule has 1 saturated heterocycles. The molecule has 0 bridgehead atoms. The first-order valence-corrected chi connectivity index (χ1v) is 13.1. The highest BCUT2D eigenvalue weighted by atomic mass is 32.1. The van der Waals surface area contributed by atoms with E-state index in [0.717, 1.165) is 36.4 Å². The molecular weight excluding hydrogens is 496 g/mol. The molecule has 9 heteroatoms. The Balaban J connectivity index is 1.58. The lowest BCUT2D eigenvalue weighted by atomic mass is 10.1. The van der Waals surface area contributed by atoms with Gasteiger partial charge in [0, 0.05) is 19.2 Å². The molecule has 0 unspecified atom stereocenters. The lowest BCUT2D eigenvalue weighted by molar-refractivity contribution is 0.0509.